The van der Waals surface area contributed by atoms with E-state index in [1.807, 2.05) is 35.2 Å². The number of benzene rings is 1. The van der Waals surface area contributed by atoms with E-state index in [2.05, 4.69) is 15.5 Å². The summed E-state index contributed by atoms with van der Waals surface area (Å²) in [5, 5.41) is 9.70. The smallest absolute Gasteiger partial charge is 0.271 e. The summed E-state index contributed by atoms with van der Waals surface area (Å²) >= 11 is 0. The number of likely N-dealkylation sites (tertiary alicyclic amines) is 2. The van der Waals surface area contributed by atoms with Gasteiger partial charge in [-0.1, -0.05) is 30.3 Å². The maximum absolute atomic E-state index is 12.9. The molecule has 3 heterocycles. The van der Waals surface area contributed by atoms with Crippen LogP contribution in [0.15, 0.2) is 42.6 Å². The number of rotatable bonds is 3. The van der Waals surface area contributed by atoms with Crippen LogP contribution in [0.3, 0.4) is 0 Å². The molecule has 2 N–H and O–H groups in total. The normalized spacial score (nSPS) is 26.1. The molecule has 2 aromatic rings. The Morgan fingerprint density at radius 3 is 2.52 bits per heavy atom. The van der Waals surface area contributed by atoms with Crippen molar-refractivity contribution in [3.63, 3.8) is 0 Å². The molecule has 3 amide bonds. The van der Waals surface area contributed by atoms with Crippen molar-refractivity contribution >= 4 is 17.7 Å². The first kappa shape index (κ1) is 19.2. The number of carbonyl (C=O) groups is 3. The zero-order valence-corrected chi connectivity index (χ0v) is 16.6. The van der Waals surface area contributed by atoms with Crippen molar-refractivity contribution in [3.05, 3.63) is 53.9 Å². The van der Waals surface area contributed by atoms with E-state index in [1.54, 1.807) is 24.1 Å². The molecule has 8 heteroatoms. The van der Waals surface area contributed by atoms with Gasteiger partial charge in [0.15, 0.2) is 0 Å². The topological polar surface area (TPSA) is 98.4 Å². The Kier molecular flexibility index (Phi) is 4.86. The molecule has 4 rings (SSSR count). The molecular weight excluding hydrogens is 370 g/mol. The number of amides is 3. The largest absolute Gasteiger partial charge is 0.347 e. The van der Waals surface area contributed by atoms with Crippen LogP contribution in [0.2, 0.25) is 0 Å². The molecule has 152 valence electrons. The van der Waals surface area contributed by atoms with Crippen molar-refractivity contribution in [2.75, 3.05) is 19.6 Å². The number of nitrogens with one attached hydrogen (secondary N) is 2. The monoisotopic (exact) mass is 395 g/mol. The van der Waals surface area contributed by atoms with Gasteiger partial charge in [-0.05, 0) is 18.1 Å². The van der Waals surface area contributed by atoms with Gasteiger partial charge in [-0.3, -0.25) is 19.5 Å². The lowest BCUT2D eigenvalue weighted by Gasteiger charge is -2.45. The van der Waals surface area contributed by atoms with Gasteiger partial charge in [-0.2, -0.15) is 5.10 Å². The molecule has 0 unspecified atom stereocenters. The van der Waals surface area contributed by atoms with E-state index in [4.69, 9.17) is 0 Å². The van der Waals surface area contributed by atoms with Crippen LogP contribution in [0.25, 0.3) is 0 Å². The molecule has 2 fully saturated rings. The number of aromatic amines is 1. The lowest BCUT2D eigenvalue weighted by Crippen LogP contribution is -2.64. The third-order valence-electron chi connectivity index (χ3n) is 6.05. The Bertz CT molecular complexity index is 914. The zero-order valence-electron chi connectivity index (χ0n) is 16.6. The van der Waals surface area contributed by atoms with Gasteiger partial charge in [0.25, 0.3) is 5.91 Å². The minimum atomic E-state index is -0.689. The SMILES string of the molecule is CC(=O)N[C@@]12CN(C(=O)c3ccn[nH]3)CC[C@@H]1[C@@H](c1ccccc1)N(C(C)=O)C2. The summed E-state index contributed by atoms with van der Waals surface area (Å²) in [6, 6.07) is 11.4. The second kappa shape index (κ2) is 7.35. The number of H-pyrrole nitrogens is 1. The van der Waals surface area contributed by atoms with Crippen LogP contribution < -0.4 is 5.32 Å². The molecule has 0 aliphatic carbocycles. The summed E-state index contributed by atoms with van der Waals surface area (Å²) in [7, 11) is 0. The summed E-state index contributed by atoms with van der Waals surface area (Å²) in [6.45, 7) is 4.32. The molecule has 1 aromatic carbocycles. The molecule has 29 heavy (non-hydrogen) atoms. The van der Waals surface area contributed by atoms with Crippen LogP contribution in [0.4, 0.5) is 0 Å². The van der Waals surface area contributed by atoms with Gasteiger partial charge >= 0.3 is 0 Å². The Morgan fingerprint density at radius 1 is 1.14 bits per heavy atom. The molecule has 0 bridgehead atoms. The van der Waals surface area contributed by atoms with Crippen molar-refractivity contribution in [1.82, 2.24) is 25.3 Å². The highest BCUT2D eigenvalue weighted by Crippen LogP contribution is 2.47. The molecule has 2 saturated heterocycles. The number of fused-ring (bicyclic) bond motifs is 1. The summed E-state index contributed by atoms with van der Waals surface area (Å²) in [4.78, 5) is 41.1. The predicted molar refractivity (Wildman–Crippen MR) is 106 cm³/mol. The van der Waals surface area contributed by atoms with E-state index in [1.165, 1.54) is 6.92 Å². The van der Waals surface area contributed by atoms with Crippen molar-refractivity contribution in [2.45, 2.75) is 31.8 Å². The molecule has 1 aromatic heterocycles. The highest BCUT2D eigenvalue weighted by molar-refractivity contribution is 5.92. The van der Waals surface area contributed by atoms with Gasteiger partial charge in [-0.25, -0.2) is 0 Å². The van der Waals surface area contributed by atoms with Crippen LogP contribution in [-0.2, 0) is 9.59 Å². The molecule has 2 aliphatic rings. The average molecular weight is 395 g/mol. The molecule has 0 radical (unpaired) electrons. The second-order valence-corrected chi connectivity index (χ2v) is 7.93. The van der Waals surface area contributed by atoms with Crippen LogP contribution in [-0.4, -0.2) is 62.9 Å². The lowest BCUT2D eigenvalue weighted by atomic mass is 9.75. The number of nitrogens with zero attached hydrogens (tertiary/aromatic N) is 3. The fourth-order valence-electron chi connectivity index (χ4n) is 4.97. The quantitative estimate of drug-likeness (QED) is 0.820. The number of aromatic nitrogens is 2. The van der Waals surface area contributed by atoms with Gasteiger partial charge in [-0.15, -0.1) is 0 Å². The first-order valence-corrected chi connectivity index (χ1v) is 9.81. The molecule has 0 saturated carbocycles. The van der Waals surface area contributed by atoms with Crippen LogP contribution >= 0.6 is 0 Å². The fourth-order valence-corrected chi connectivity index (χ4v) is 4.97. The number of carbonyl (C=O) groups excluding carboxylic acids is 3. The Balaban J connectivity index is 1.71. The van der Waals surface area contributed by atoms with E-state index in [9.17, 15) is 14.4 Å². The number of hydrogen-bond donors (Lipinski definition) is 2. The standard InChI is InChI=1S/C21H25N5O3/c1-14(27)23-21-12-25(20(29)18-8-10-22-24-18)11-9-17(21)19(26(13-21)15(2)28)16-6-4-3-5-7-16/h3-8,10,17,19H,9,11-13H2,1-2H3,(H,22,24)(H,23,27)/t17-,19-,21-/m1/s1. The third-order valence-corrected chi connectivity index (χ3v) is 6.05. The van der Waals surface area contributed by atoms with Crippen molar-refractivity contribution < 1.29 is 14.4 Å². The lowest BCUT2D eigenvalue weighted by molar-refractivity contribution is -0.130. The van der Waals surface area contributed by atoms with E-state index in [0.29, 0.717) is 31.7 Å². The Hall–Kier alpha value is -3.16. The third kappa shape index (κ3) is 3.39. The van der Waals surface area contributed by atoms with E-state index in [0.717, 1.165) is 5.56 Å². The number of hydrogen-bond acceptors (Lipinski definition) is 4. The number of piperidine rings is 1. The van der Waals surface area contributed by atoms with Gasteiger partial charge in [0.1, 0.15) is 5.69 Å². The minimum absolute atomic E-state index is 0.0171. The molecule has 3 atom stereocenters. The van der Waals surface area contributed by atoms with E-state index >= 15 is 0 Å². The second-order valence-electron chi connectivity index (χ2n) is 7.93. The maximum Gasteiger partial charge on any atom is 0.271 e. The van der Waals surface area contributed by atoms with E-state index in [-0.39, 0.29) is 29.7 Å². The van der Waals surface area contributed by atoms with Gasteiger partial charge in [0.2, 0.25) is 11.8 Å². The van der Waals surface area contributed by atoms with Crippen molar-refractivity contribution in [3.8, 4) is 0 Å². The molecule has 8 nitrogen and oxygen atoms in total. The van der Waals surface area contributed by atoms with E-state index < -0.39 is 5.54 Å². The summed E-state index contributed by atoms with van der Waals surface area (Å²) < 4.78 is 0. The molecule has 0 spiro atoms. The zero-order chi connectivity index (χ0) is 20.6. The summed E-state index contributed by atoms with van der Waals surface area (Å²) in [5.74, 6) is -0.334. The van der Waals surface area contributed by atoms with Crippen LogP contribution in [0, 0.1) is 5.92 Å². The summed E-state index contributed by atoms with van der Waals surface area (Å²) in [6.07, 6.45) is 2.23. The van der Waals surface area contributed by atoms with Crippen molar-refractivity contribution in [2.24, 2.45) is 5.92 Å². The van der Waals surface area contributed by atoms with Gasteiger partial charge in [0, 0.05) is 45.6 Å². The minimum Gasteiger partial charge on any atom is -0.347 e. The van der Waals surface area contributed by atoms with Crippen LogP contribution in [0.5, 0.6) is 0 Å². The first-order valence-electron chi connectivity index (χ1n) is 9.81. The van der Waals surface area contributed by atoms with Crippen LogP contribution in [0.1, 0.15) is 42.4 Å². The Morgan fingerprint density at radius 2 is 1.90 bits per heavy atom. The fraction of sp³-hybridized carbons (Fsp3) is 0.429. The maximum atomic E-state index is 12.9. The van der Waals surface area contributed by atoms with Crippen molar-refractivity contribution in [1.29, 1.82) is 0 Å². The van der Waals surface area contributed by atoms with Gasteiger partial charge in [0.05, 0.1) is 11.6 Å². The predicted octanol–water partition coefficient (Wildman–Crippen LogP) is 1.35. The average Bonchev–Trinajstić information content (AvgIpc) is 3.33. The first-order chi connectivity index (χ1) is 13.9. The Labute approximate surface area is 169 Å². The van der Waals surface area contributed by atoms with Gasteiger partial charge < -0.3 is 15.1 Å². The molecule has 2 aliphatic heterocycles. The summed E-state index contributed by atoms with van der Waals surface area (Å²) in [5.41, 5.74) is 0.780. The highest BCUT2D eigenvalue weighted by atomic mass is 16.2. The highest BCUT2D eigenvalue weighted by Gasteiger charge is 2.57. The molecular formula is C21H25N5O3.